The van der Waals surface area contributed by atoms with Crippen molar-refractivity contribution in [3.05, 3.63) is 125 Å². The van der Waals surface area contributed by atoms with Crippen LogP contribution in [0.3, 0.4) is 0 Å². The molecule has 8 aromatic heterocycles. The molecule has 4 aliphatic rings. The molecule has 662 valence electrons. The first-order valence-electron chi connectivity index (χ1n) is 49.3. The second-order valence-corrected chi connectivity index (χ2v) is 45.0. The maximum absolute atomic E-state index is 16.2. The van der Waals surface area contributed by atoms with E-state index >= 15 is 19.2 Å². The van der Waals surface area contributed by atoms with Crippen LogP contribution in [0.1, 0.15) is 383 Å². The van der Waals surface area contributed by atoms with E-state index in [0.29, 0.717) is 72.1 Å². The summed E-state index contributed by atoms with van der Waals surface area (Å²) in [6.07, 6.45) is 58.1. The van der Waals surface area contributed by atoms with E-state index in [1.165, 1.54) is 302 Å². The zero-order chi connectivity index (χ0) is 85.1. The zero-order valence-electron chi connectivity index (χ0n) is 75.8. The minimum Gasteiger partial charge on any atom is -0.306 e. The standard InChI is InChI=1S/C106H146N4O4S8/c1-9-17-25-33-37-45-53-75(49-41-29-21-13-5)71-107-99(91-67-85-81(117-91)61-63-115-85)95-97(105(107)113)101(109(103(95)111)73-77(51-43-31-23-15-7)55-47-39-35-27-19-11-3)93-69-89-87(121-93)65-83(119-89)79-57-59-80(60-58-79)84-66-88-90(120-84)70-94(122-88)102-98-96(104(112)110(102)74-78(52-44-32-24-16-8)56-48-40-36-28-20-12-4)100(92-68-86-82(118-92)62-64-116-86)108(106(98)114)72-76(50-42-30-22-14-6)54-46-38-34-26-18-10-2/h57-70,75-78H,9-56,71-74H2,1-8H3. The molecule has 0 saturated heterocycles. The Balaban J connectivity index is 0.825. The smallest absolute Gasteiger partial charge is 0.261 e. The van der Waals surface area contributed by atoms with Crippen LogP contribution >= 0.6 is 90.7 Å². The van der Waals surface area contributed by atoms with Crippen LogP contribution in [0.2, 0.25) is 0 Å². The number of thiophene rings is 8. The Morgan fingerprint density at radius 3 is 0.639 bits per heavy atom. The quantitative estimate of drug-likeness (QED) is 0.0356. The second kappa shape index (κ2) is 48.8. The van der Waals surface area contributed by atoms with Crippen molar-refractivity contribution in [3.63, 3.8) is 0 Å². The number of hydrogen-bond acceptors (Lipinski definition) is 12. The maximum atomic E-state index is 16.2. The molecule has 0 fully saturated rings. The molecule has 0 radical (unpaired) electrons. The third-order valence-corrected chi connectivity index (χ3v) is 35.8. The van der Waals surface area contributed by atoms with E-state index in [-0.39, 0.29) is 23.6 Å². The Bertz CT molecular complexity index is 4510. The molecule has 0 aliphatic carbocycles. The lowest BCUT2D eigenvalue weighted by Gasteiger charge is -2.29. The predicted molar refractivity (Wildman–Crippen MR) is 539 cm³/mol. The van der Waals surface area contributed by atoms with Gasteiger partial charge in [-0.3, -0.25) is 19.2 Å². The van der Waals surface area contributed by atoms with E-state index in [1.807, 2.05) is 22.7 Å². The average molecular weight is 1800 g/mol. The SMILES string of the molecule is CCCCCCCCC(CCCCCC)CN1C(=O)C2=C(c3cc4sc(-c5ccc(-c6cc7sc(C8=C9C(=O)N(CC(CCCCCC)CCCCCCCC)C(c%10cc%11sccc%11s%10)=C9C(=O)N8CC(CCCCCC)CCCCCCCC)cc7s6)cc5)cc4s3)N(CC(CCCCCC)CCCCCCCC)C(=O)C2=C1c1cc2sccc2s1. The van der Waals surface area contributed by atoms with Crippen LogP contribution < -0.4 is 0 Å². The number of fused-ring (bicyclic) bond motifs is 6. The summed E-state index contributed by atoms with van der Waals surface area (Å²) in [7, 11) is 0. The molecule has 1 aromatic carbocycles. The molecule has 0 N–H and O–H groups in total. The zero-order valence-corrected chi connectivity index (χ0v) is 82.4. The number of hydrogen-bond donors (Lipinski definition) is 0. The topological polar surface area (TPSA) is 81.2 Å². The lowest BCUT2D eigenvalue weighted by molar-refractivity contribution is -0.124. The molecular formula is C106H146N4O4S8. The minimum atomic E-state index is 0.0240. The molecule has 4 aliphatic heterocycles. The van der Waals surface area contributed by atoms with E-state index in [1.54, 1.807) is 68.0 Å². The summed E-state index contributed by atoms with van der Waals surface area (Å²) in [5.41, 5.74) is 8.37. The number of nitrogens with zero attached hydrogens (tertiary/aromatic N) is 4. The van der Waals surface area contributed by atoms with Crippen molar-refractivity contribution < 1.29 is 19.2 Å². The molecule has 0 saturated carbocycles. The first kappa shape index (κ1) is 94.3. The van der Waals surface area contributed by atoms with Crippen LogP contribution in [0.5, 0.6) is 0 Å². The van der Waals surface area contributed by atoms with Gasteiger partial charge in [0.15, 0.2) is 0 Å². The molecule has 0 bridgehead atoms. The highest BCUT2D eigenvalue weighted by Gasteiger charge is 2.52. The van der Waals surface area contributed by atoms with Gasteiger partial charge >= 0.3 is 0 Å². The summed E-state index contributed by atoms with van der Waals surface area (Å²) >= 11 is 14.2. The van der Waals surface area contributed by atoms with Crippen LogP contribution in [-0.4, -0.2) is 69.4 Å². The van der Waals surface area contributed by atoms with Gasteiger partial charge in [-0.1, -0.05) is 336 Å². The summed E-state index contributed by atoms with van der Waals surface area (Å²) in [4.78, 5) is 80.0. The summed E-state index contributed by atoms with van der Waals surface area (Å²) < 4.78 is 9.64. The van der Waals surface area contributed by atoms with Crippen molar-refractivity contribution in [2.45, 2.75) is 364 Å². The van der Waals surface area contributed by atoms with Crippen molar-refractivity contribution in [2.24, 2.45) is 23.7 Å². The van der Waals surface area contributed by atoms with Crippen LogP contribution in [0, 0.1) is 23.7 Å². The Morgan fingerprint density at radius 2 is 0.410 bits per heavy atom. The first-order chi connectivity index (χ1) is 59.9. The van der Waals surface area contributed by atoms with Gasteiger partial charge < -0.3 is 19.6 Å². The van der Waals surface area contributed by atoms with E-state index in [4.69, 9.17) is 0 Å². The number of rotatable bonds is 62. The van der Waals surface area contributed by atoms with Crippen molar-refractivity contribution >= 4 is 175 Å². The fourth-order valence-electron chi connectivity index (χ4n) is 19.9. The second-order valence-electron chi connectivity index (χ2n) is 36.6. The van der Waals surface area contributed by atoms with E-state index in [0.717, 1.165) is 107 Å². The highest BCUT2D eigenvalue weighted by molar-refractivity contribution is 7.31. The van der Waals surface area contributed by atoms with Gasteiger partial charge in [0.1, 0.15) is 0 Å². The summed E-state index contributed by atoms with van der Waals surface area (Å²) in [5.74, 6) is 1.50. The fourth-order valence-corrected chi connectivity index (χ4v) is 29.2. The van der Waals surface area contributed by atoms with Crippen molar-refractivity contribution in [3.8, 4) is 20.9 Å². The van der Waals surface area contributed by atoms with Gasteiger partial charge in [0.2, 0.25) is 0 Å². The van der Waals surface area contributed by atoms with E-state index < -0.39 is 0 Å². The van der Waals surface area contributed by atoms with Gasteiger partial charge in [0, 0.05) is 73.5 Å². The number of benzene rings is 1. The summed E-state index contributed by atoms with van der Waals surface area (Å²) in [5, 5.41) is 4.35. The van der Waals surface area contributed by atoms with Gasteiger partial charge in [-0.25, -0.2) is 0 Å². The van der Waals surface area contributed by atoms with E-state index in [9.17, 15) is 0 Å². The lowest BCUT2D eigenvalue weighted by atomic mass is 9.93. The largest absolute Gasteiger partial charge is 0.306 e. The van der Waals surface area contributed by atoms with E-state index in [2.05, 4.69) is 159 Å². The molecule has 8 nitrogen and oxygen atoms in total. The number of carbonyl (C=O) groups excluding carboxylic acids is 4. The number of unbranched alkanes of at least 4 members (excludes halogenated alkanes) is 32. The highest BCUT2D eigenvalue weighted by Crippen LogP contribution is 2.55. The van der Waals surface area contributed by atoms with Crippen molar-refractivity contribution in [1.82, 2.24) is 19.6 Å². The molecule has 122 heavy (non-hydrogen) atoms. The maximum Gasteiger partial charge on any atom is 0.261 e. The number of amides is 4. The van der Waals surface area contributed by atoms with Gasteiger partial charge in [-0.15, -0.1) is 90.7 Å². The molecule has 4 amide bonds. The summed E-state index contributed by atoms with van der Waals surface area (Å²) in [6, 6.07) is 27.6. The third-order valence-electron chi connectivity index (χ3n) is 26.9. The Kier molecular flexibility index (Phi) is 37.7. The monoisotopic (exact) mass is 1790 g/mol. The first-order valence-corrected chi connectivity index (χ1v) is 55.9. The van der Waals surface area contributed by atoms with Gasteiger partial charge in [-0.05, 0) is 145 Å². The Labute approximate surface area is 766 Å². The third kappa shape index (κ3) is 24.0. The molecule has 0 spiro atoms. The van der Waals surface area contributed by atoms with Crippen LogP contribution in [-0.2, 0) is 19.2 Å². The van der Waals surface area contributed by atoms with Crippen molar-refractivity contribution in [1.29, 1.82) is 0 Å². The minimum absolute atomic E-state index is 0.0240. The average Bonchev–Trinajstić information content (AvgIpc) is 1.55. The van der Waals surface area contributed by atoms with Crippen LogP contribution in [0.15, 0.2) is 106 Å². The molecule has 4 unspecified atom stereocenters. The van der Waals surface area contributed by atoms with Crippen molar-refractivity contribution in [2.75, 3.05) is 26.2 Å². The molecule has 16 heteroatoms. The lowest BCUT2D eigenvalue weighted by Crippen LogP contribution is -2.34. The van der Waals surface area contributed by atoms with Gasteiger partial charge in [0.25, 0.3) is 23.6 Å². The Morgan fingerprint density at radius 1 is 0.221 bits per heavy atom. The molecule has 13 rings (SSSR count). The molecular weight excluding hydrogens is 1650 g/mol. The molecule has 9 aromatic rings. The normalized spacial score (nSPS) is 15.7. The summed E-state index contributed by atoms with van der Waals surface area (Å²) in [6.45, 7) is 20.9. The van der Waals surface area contributed by atoms with Crippen LogP contribution in [0.4, 0.5) is 0 Å². The molecule has 4 atom stereocenters. The Hall–Kier alpha value is -5.30. The highest BCUT2D eigenvalue weighted by atomic mass is 32.1. The van der Waals surface area contributed by atoms with Gasteiger partial charge in [-0.2, -0.15) is 0 Å². The molecule has 12 heterocycles. The number of carbonyl (C=O) groups is 4. The van der Waals surface area contributed by atoms with Crippen LogP contribution in [0.25, 0.3) is 81.3 Å². The van der Waals surface area contributed by atoms with Gasteiger partial charge in [0.05, 0.1) is 64.6 Å². The predicted octanol–water partition coefficient (Wildman–Crippen LogP) is 35.1. The fraction of sp³-hybridized carbons (Fsp3) is 0.604.